The molecule has 0 saturated heterocycles. The number of methoxy groups -OCH3 is 1. The molecule has 0 fully saturated rings. The van der Waals surface area contributed by atoms with Gasteiger partial charge in [0, 0.05) is 49.8 Å². The van der Waals surface area contributed by atoms with Gasteiger partial charge in [0.2, 0.25) is 17.7 Å². The van der Waals surface area contributed by atoms with E-state index in [0.717, 1.165) is 17.6 Å². The van der Waals surface area contributed by atoms with Crippen LogP contribution in [0.3, 0.4) is 0 Å². The van der Waals surface area contributed by atoms with Crippen molar-refractivity contribution in [1.82, 2.24) is 46.8 Å². The topological polar surface area (TPSA) is 316 Å². The third-order valence-corrected chi connectivity index (χ3v) is 13.1. The molecule has 24 heteroatoms. The maximum absolute atomic E-state index is 15.5. The van der Waals surface area contributed by atoms with Crippen LogP contribution in [0.4, 0.5) is 20.1 Å². The first-order chi connectivity index (χ1) is 39.9. The van der Waals surface area contributed by atoms with Gasteiger partial charge in [0.1, 0.15) is 59.1 Å². The normalized spacial score (nSPS) is 15.9. The Balaban J connectivity index is 1.68. The van der Waals surface area contributed by atoms with Gasteiger partial charge in [0.25, 0.3) is 5.91 Å². The number of aromatic hydroxyl groups is 1. The number of phenols is 1. The Bertz CT molecular complexity index is 3120. The van der Waals surface area contributed by atoms with E-state index in [2.05, 4.69) is 58.0 Å². The van der Waals surface area contributed by atoms with Crippen molar-refractivity contribution in [3.8, 4) is 34.0 Å². The molecule has 24 nitrogen and oxygen atoms in total. The van der Waals surface area contributed by atoms with Crippen molar-refractivity contribution >= 4 is 53.6 Å². The number of likely N-dealkylation sites (N-methyl/N-ethyl adjacent to an activating group) is 1. The average Bonchev–Trinajstić information content (AvgIpc) is 2.47. The predicted octanol–water partition coefficient (Wildman–Crippen LogP) is 7.20. The standard InChI is InChI=1S/C62H86N10O14/c1-34-47(35(2)68-50(67-34)38-19-21-40(22-20-38)59(4,5)6)52(75)70-43(24-25-64-56(79)84-60(7,8)9)54(77)72(16)48-39-32-42(49(73)44(33-39)63-26-27-65-57(80)85-61(10,11)12)41-30-37(18-23-46(41)83-29-28-66-58(81)86-62(13,14)15)31-45(55(78)82-17)71-51(74)36(3)69-53(48)76/h18-23,30,32-33,36,43,45,48,63,73H,24-29,31H2,1-17H3,(H,64,79)(H,65,80)(H,66,81)(H,69,76)(H,70,75)(H,71,74)/t36-,43-,45-,48-/m0/s1. The lowest BCUT2D eigenvalue weighted by molar-refractivity contribution is -0.145. The zero-order valence-electron chi connectivity index (χ0n) is 52.6. The maximum Gasteiger partial charge on any atom is 0.407 e. The van der Waals surface area contributed by atoms with Crippen LogP contribution in [0.5, 0.6) is 11.5 Å². The van der Waals surface area contributed by atoms with Gasteiger partial charge in [-0.3, -0.25) is 19.2 Å². The molecule has 0 saturated carbocycles. The summed E-state index contributed by atoms with van der Waals surface area (Å²) in [5.41, 5.74) is 0.659. The van der Waals surface area contributed by atoms with Crippen LogP contribution in [-0.4, -0.2) is 150 Å². The van der Waals surface area contributed by atoms with Crippen molar-refractivity contribution in [2.75, 3.05) is 52.3 Å². The molecule has 7 amide bonds. The molecule has 1 aliphatic heterocycles. The SMILES string of the molecule is COC(=O)[C@@H]1Cc2ccc(OCCNC(=O)OC(C)(C)C)c(c2)-c2cc(cc(NCCNC(=O)OC(C)(C)C)c2O)[C@H](N(C)C(=O)[C@H](CCNC(=O)OC(C)(C)C)NC(=O)c2c(C)nc(-c3ccc(C(C)(C)C)cc3)nc2C)C(=O)N[C@@H](C)C(=O)N1. The van der Waals surface area contributed by atoms with E-state index in [9.17, 15) is 33.9 Å². The maximum atomic E-state index is 15.5. The number of alkyl carbamates (subject to hydrolysis) is 3. The number of phenolic OH excluding ortho intramolecular Hbond substituents is 1. The Morgan fingerprint density at radius 2 is 1.27 bits per heavy atom. The van der Waals surface area contributed by atoms with E-state index in [1.165, 1.54) is 26.1 Å². The van der Waals surface area contributed by atoms with Gasteiger partial charge in [0.05, 0.1) is 36.3 Å². The van der Waals surface area contributed by atoms with Crippen molar-refractivity contribution in [2.45, 2.75) is 163 Å². The second-order valence-corrected chi connectivity index (χ2v) is 25.0. The Labute approximate surface area is 503 Å². The van der Waals surface area contributed by atoms with Crippen LogP contribution in [0.15, 0.2) is 54.6 Å². The summed E-state index contributed by atoms with van der Waals surface area (Å²) in [5, 5.41) is 31.7. The van der Waals surface area contributed by atoms with Gasteiger partial charge in [0.15, 0.2) is 5.82 Å². The fraction of sp³-hybridized carbons (Fsp3) is 0.516. The minimum atomic E-state index is -1.70. The lowest BCUT2D eigenvalue weighted by Crippen LogP contribution is -2.55. The number of aromatic nitrogens is 2. The van der Waals surface area contributed by atoms with Gasteiger partial charge in [-0.15, -0.1) is 0 Å². The monoisotopic (exact) mass is 1190 g/mol. The first-order valence-corrected chi connectivity index (χ1v) is 28.4. The van der Waals surface area contributed by atoms with E-state index in [0.29, 0.717) is 28.3 Å². The summed E-state index contributed by atoms with van der Waals surface area (Å²) in [6, 6.07) is 9.64. The molecule has 86 heavy (non-hydrogen) atoms. The van der Waals surface area contributed by atoms with Crippen LogP contribution in [0.2, 0.25) is 0 Å². The molecule has 0 radical (unpaired) electrons. The predicted molar refractivity (Wildman–Crippen MR) is 323 cm³/mol. The summed E-state index contributed by atoms with van der Waals surface area (Å²) in [4.78, 5) is 121. The molecular formula is C62H86N10O14. The van der Waals surface area contributed by atoms with Crippen molar-refractivity contribution < 1.29 is 67.1 Å². The Kier molecular flexibility index (Phi) is 22.5. The third kappa shape index (κ3) is 19.7. The molecule has 8 N–H and O–H groups in total. The quantitative estimate of drug-likeness (QED) is 0.0224. The largest absolute Gasteiger partial charge is 0.505 e. The van der Waals surface area contributed by atoms with Gasteiger partial charge in [-0.2, -0.15) is 0 Å². The number of carbonyl (C=O) groups excluding carboxylic acids is 8. The second-order valence-electron chi connectivity index (χ2n) is 25.0. The molecule has 4 atom stereocenters. The molecule has 2 heterocycles. The number of nitrogens with one attached hydrogen (secondary N) is 7. The average molecular weight is 1200 g/mol. The number of anilines is 1. The third-order valence-electron chi connectivity index (χ3n) is 13.1. The van der Waals surface area contributed by atoms with Gasteiger partial charge < -0.3 is 70.9 Å². The minimum absolute atomic E-state index is 0.00126. The molecular weight excluding hydrogens is 1110 g/mol. The lowest BCUT2D eigenvalue weighted by Gasteiger charge is -2.33. The van der Waals surface area contributed by atoms with Crippen LogP contribution in [0.1, 0.15) is 141 Å². The highest BCUT2D eigenvalue weighted by atomic mass is 16.6. The van der Waals surface area contributed by atoms with E-state index >= 15 is 9.59 Å². The zero-order chi connectivity index (χ0) is 64.2. The van der Waals surface area contributed by atoms with Crippen LogP contribution in [-0.2, 0) is 50.0 Å². The van der Waals surface area contributed by atoms with Crippen LogP contribution in [0, 0.1) is 13.8 Å². The molecule has 1 aliphatic rings. The highest BCUT2D eigenvalue weighted by Gasteiger charge is 2.38. The molecule has 0 spiro atoms. The first-order valence-electron chi connectivity index (χ1n) is 28.4. The van der Waals surface area contributed by atoms with E-state index < -0.39 is 88.8 Å². The van der Waals surface area contributed by atoms with E-state index in [1.54, 1.807) is 94.4 Å². The summed E-state index contributed by atoms with van der Waals surface area (Å²) in [6.45, 7) is 25.9. The van der Waals surface area contributed by atoms with Crippen molar-refractivity contribution in [3.63, 3.8) is 0 Å². The Morgan fingerprint density at radius 1 is 0.709 bits per heavy atom. The van der Waals surface area contributed by atoms with Crippen LogP contribution in [0.25, 0.3) is 22.5 Å². The van der Waals surface area contributed by atoms with Gasteiger partial charge in [-0.1, -0.05) is 51.1 Å². The van der Waals surface area contributed by atoms with Gasteiger partial charge in [-0.25, -0.2) is 29.1 Å². The number of nitrogens with zero attached hydrogens (tertiary/aromatic N) is 3. The van der Waals surface area contributed by atoms with Crippen molar-refractivity contribution in [3.05, 3.63) is 88.2 Å². The van der Waals surface area contributed by atoms with Gasteiger partial charge in [-0.05, 0) is 136 Å². The number of carbonyl (C=O) groups is 8. The van der Waals surface area contributed by atoms with Crippen LogP contribution < -0.4 is 42.0 Å². The van der Waals surface area contributed by atoms with Gasteiger partial charge >= 0.3 is 24.2 Å². The number of rotatable bonds is 17. The highest BCUT2D eigenvalue weighted by Crippen LogP contribution is 2.44. The number of esters is 1. The summed E-state index contributed by atoms with van der Waals surface area (Å²) in [6.07, 6.45) is -2.58. The lowest BCUT2D eigenvalue weighted by atomic mass is 9.86. The number of aryl methyl sites for hydroxylation is 2. The smallest absolute Gasteiger partial charge is 0.407 e. The van der Waals surface area contributed by atoms with Crippen LogP contribution >= 0.6 is 0 Å². The molecule has 0 unspecified atom stereocenters. The van der Waals surface area contributed by atoms with E-state index in [4.69, 9.17) is 33.7 Å². The number of benzene rings is 3. The fourth-order valence-corrected chi connectivity index (χ4v) is 9.06. The number of hydrogen-bond acceptors (Lipinski definition) is 17. The summed E-state index contributed by atoms with van der Waals surface area (Å²) in [5.74, 6) is -3.99. The number of hydrogen-bond donors (Lipinski definition) is 8. The first kappa shape index (κ1) is 68.1. The zero-order valence-corrected chi connectivity index (χ0v) is 52.6. The molecule has 1 aromatic heterocycles. The van der Waals surface area contributed by atoms with Crippen molar-refractivity contribution in [1.29, 1.82) is 0 Å². The van der Waals surface area contributed by atoms with E-state index in [-0.39, 0.29) is 90.5 Å². The molecule has 5 rings (SSSR count). The Morgan fingerprint density at radius 3 is 1.81 bits per heavy atom. The van der Waals surface area contributed by atoms with E-state index in [1.807, 2.05) is 24.3 Å². The number of fused-ring (bicyclic) bond motifs is 5. The Hall–Kier alpha value is -8.70. The summed E-state index contributed by atoms with van der Waals surface area (Å²) >= 11 is 0. The molecule has 3 aromatic carbocycles. The number of amides is 7. The molecule has 0 aliphatic carbocycles. The van der Waals surface area contributed by atoms with Crippen molar-refractivity contribution in [2.24, 2.45) is 0 Å². The molecule has 4 bridgehead atoms. The minimum Gasteiger partial charge on any atom is -0.505 e. The second kappa shape index (κ2) is 28.5. The number of ether oxygens (including phenoxy) is 5. The molecule has 468 valence electrons. The highest BCUT2D eigenvalue weighted by molar-refractivity contribution is 6.01. The summed E-state index contributed by atoms with van der Waals surface area (Å²) < 4.78 is 27.6. The summed E-state index contributed by atoms with van der Waals surface area (Å²) in [7, 11) is 2.46. The fourth-order valence-electron chi connectivity index (χ4n) is 9.06. The molecule has 4 aromatic rings.